The molecule has 19 heavy (non-hydrogen) atoms. The first-order valence-corrected chi connectivity index (χ1v) is 6.66. The minimum Gasteiger partial charge on any atom is -0.311 e. The van der Waals surface area contributed by atoms with Crippen LogP contribution in [0.15, 0.2) is 48.3 Å². The van der Waals surface area contributed by atoms with Crippen molar-refractivity contribution in [3.63, 3.8) is 0 Å². The Balaban J connectivity index is 1.72. The van der Waals surface area contributed by atoms with E-state index in [-0.39, 0.29) is 0 Å². The average Bonchev–Trinajstić information content (AvgIpc) is 2.82. The quantitative estimate of drug-likeness (QED) is 0.804. The maximum atomic E-state index is 4.26. The zero-order chi connectivity index (χ0) is 13.5. The number of hydrogen-bond donors (Lipinski definition) is 1. The molecule has 3 heteroatoms. The van der Waals surface area contributed by atoms with Gasteiger partial charge in [0.15, 0.2) is 0 Å². The number of hydrogen-bond acceptors (Lipinski definition) is 2. The van der Waals surface area contributed by atoms with Gasteiger partial charge in [0, 0.05) is 19.3 Å². The predicted octanol–water partition coefficient (Wildman–Crippen LogP) is 2.88. The fourth-order valence-electron chi connectivity index (χ4n) is 1.95. The molecule has 0 amide bonds. The van der Waals surface area contributed by atoms with E-state index in [2.05, 4.69) is 60.8 Å². The number of benzene rings is 1. The maximum Gasteiger partial charge on any atom is 0.0534 e. The summed E-state index contributed by atoms with van der Waals surface area (Å²) >= 11 is 0. The van der Waals surface area contributed by atoms with Gasteiger partial charge in [-0.15, -0.1) is 0 Å². The van der Waals surface area contributed by atoms with E-state index in [1.807, 2.05) is 16.9 Å². The first kappa shape index (κ1) is 13.6. The minimum atomic E-state index is 0.909. The molecule has 1 N–H and O–H groups in total. The molecule has 0 fully saturated rings. The van der Waals surface area contributed by atoms with E-state index >= 15 is 0 Å². The Morgan fingerprint density at radius 2 is 2.11 bits per heavy atom. The van der Waals surface area contributed by atoms with Gasteiger partial charge in [-0.2, -0.15) is 5.10 Å². The molecule has 0 aliphatic carbocycles. The summed E-state index contributed by atoms with van der Waals surface area (Å²) in [7, 11) is 0. The highest BCUT2D eigenvalue weighted by Gasteiger charge is 1.95. The Kier molecular flexibility index (Phi) is 4.93. The topological polar surface area (TPSA) is 29.9 Å². The Morgan fingerprint density at radius 3 is 2.79 bits per heavy atom. The lowest BCUT2D eigenvalue weighted by atomic mass is 10.1. The number of nitrogens with one attached hydrogen (secondary N) is 1. The largest absolute Gasteiger partial charge is 0.311 e. The minimum absolute atomic E-state index is 0.909. The lowest BCUT2D eigenvalue weighted by Gasteiger charge is -2.05. The van der Waals surface area contributed by atoms with Crippen LogP contribution >= 0.6 is 0 Å². The van der Waals surface area contributed by atoms with Crippen molar-refractivity contribution in [3.8, 4) is 0 Å². The van der Waals surface area contributed by atoms with Crippen molar-refractivity contribution >= 4 is 6.08 Å². The van der Waals surface area contributed by atoms with Crippen LogP contribution in [0, 0.1) is 6.92 Å². The van der Waals surface area contributed by atoms with Crippen LogP contribution in [0.3, 0.4) is 0 Å². The molecule has 2 aromatic rings. The summed E-state index contributed by atoms with van der Waals surface area (Å²) < 4.78 is 1.97. The van der Waals surface area contributed by atoms with Crippen LogP contribution < -0.4 is 5.32 Å². The van der Waals surface area contributed by atoms with Gasteiger partial charge in [-0.25, -0.2) is 0 Å². The summed E-state index contributed by atoms with van der Waals surface area (Å²) in [6.45, 7) is 6.96. The summed E-state index contributed by atoms with van der Waals surface area (Å²) in [5.74, 6) is 0. The molecule has 0 atom stereocenters. The SMILES string of the molecule is C/C(=C/c1ccccc1)CNCCn1cc(C)cn1. The van der Waals surface area contributed by atoms with Crippen LogP contribution in [0.1, 0.15) is 18.1 Å². The van der Waals surface area contributed by atoms with Gasteiger partial charge in [-0.05, 0) is 25.0 Å². The summed E-state index contributed by atoms with van der Waals surface area (Å²) in [6.07, 6.45) is 6.17. The van der Waals surface area contributed by atoms with Gasteiger partial charge in [0.05, 0.1) is 12.7 Å². The highest BCUT2D eigenvalue weighted by atomic mass is 15.3. The maximum absolute atomic E-state index is 4.26. The monoisotopic (exact) mass is 255 g/mol. The fraction of sp³-hybridized carbons (Fsp3) is 0.312. The average molecular weight is 255 g/mol. The molecule has 1 aromatic heterocycles. The molecule has 1 aromatic carbocycles. The van der Waals surface area contributed by atoms with Gasteiger partial charge in [-0.3, -0.25) is 4.68 Å². The first-order valence-electron chi connectivity index (χ1n) is 6.66. The number of aryl methyl sites for hydroxylation is 1. The highest BCUT2D eigenvalue weighted by molar-refractivity contribution is 5.52. The first-order chi connectivity index (χ1) is 9.24. The van der Waals surface area contributed by atoms with Crippen molar-refractivity contribution in [2.75, 3.05) is 13.1 Å². The molecule has 1 heterocycles. The van der Waals surface area contributed by atoms with E-state index in [0.717, 1.165) is 19.6 Å². The summed E-state index contributed by atoms with van der Waals surface area (Å²) in [5, 5.41) is 7.70. The van der Waals surface area contributed by atoms with E-state index in [1.165, 1.54) is 16.7 Å². The van der Waals surface area contributed by atoms with Gasteiger partial charge in [-0.1, -0.05) is 42.0 Å². The molecule has 0 unspecified atom stereocenters. The van der Waals surface area contributed by atoms with Crippen LogP contribution in [0.25, 0.3) is 6.08 Å². The lowest BCUT2D eigenvalue weighted by molar-refractivity contribution is 0.569. The Bertz CT molecular complexity index is 526. The molecular formula is C16H21N3. The number of nitrogens with zero attached hydrogens (tertiary/aromatic N) is 2. The van der Waals surface area contributed by atoms with Crippen molar-refractivity contribution in [1.29, 1.82) is 0 Å². The van der Waals surface area contributed by atoms with E-state index in [1.54, 1.807) is 0 Å². The van der Waals surface area contributed by atoms with Crippen molar-refractivity contribution in [2.45, 2.75) is 20.4 Å². The van der Waals surface area contributed by atoms with E-state index in [4.69, 9.17) is 0 Å². The third-order valence-corrected chi connectivity index (χ3v) is 2.90. The Labute approximate surface area is 115 Å². The Morgan fingerprint density at radius 1 is 1.32 bits per heavy atom. The van der Waals surface area contributed by atoms with Gasteiger partial charge in [0.25, 0.3) is 0 Å². The molecule has 0 aliphatic heterocycles. The molecule has 3 nitrogen and oxygen atoms in total. The number of rotatable bonds is 6. The second kappa shape index (κ2) is 6.90. The predicted molar refractivity (Wildman–Crippen MR) is 79.9 cm³/mol. The van der Waals surface area contributed by atoms with E-state index in [0.29, 0.717) is 0 Å². The summed E-state index contributed by atoms with van der Waals surface area (Å²) in [4.78, 5) is 0. The molecular weight excluding hydrogens is 234 g/mol. The molecule has 0 saturated carbocycles. The standard InChI is InChI=1S/C16H21N3/c1-14(10-16-6-4-3-5-7-16)11-17-8-9-19-13-15(2)12-18-19/h3-7,10,12-13,17H,8-9,11H2,1-2H3/b14-10-. The molecule has 0 spiro atoms. The van der Waals surface area contributed by atoms with Gasteiger partial charge in [0.2, 0.25) is 0 Å². The molecule has 0 radical (unpaired) electrons. The van der Waals surface area contributed by atoms with Crippen LogP contribution in [-0.2, 0) is 6.54 Å². The summed E-state index contributed by atoms with van der Waals surface area (Å²) in [6, 6.07) is 10.4. The lowest BCUT2D eigenvalue weighted by Crippen LogP contribution is -2.21. The highest BCUT2D eigenvalue weighted by Crippen LogP contribution is 2.05. The van der Waals surface area contributed by atoms with Gasteiger partial charge < -0.3 is 5.32 Å². The zero-order valence-electron chi connectivity index (χ0n) is 11.6. The van der Waals surface area contributed by atoms with Crippen molar-refractivity contribution < 1.29 is 0 Å². The zero-order valence-corrected chi connectivity index (χ0v) is 11.6. The van der Waals surface area contributed by atoms with E-state index in [9.17, 15) is 0 Å². The number of aromatic nitrogens is 2. The normalized spacial score (nSPS) is 11.8. The third-order valence-electron chi connectivity index (χ3n) is 2.90. The molecule has 0 aliphatic rings. The third kappa shape index (κ3) is 4.72. The van der Waals surface area contributed by atoms with Crippen LogP contribution in [0.4, 0.5) is 0 Å². The molecule has 100 valence electrons. The van der Waals surface area contributed by atoms with Crippen LogP contribution in [-0.4, -0.2) is 22.9 Å². The van der Waals surface area contributed by atoms with Crippen LogP contribution in [0.2, 0.25) is 0 Å². The van der Waals surface area contributed by atoms with Crippen LogP contribution in [0.5, 0.6) is 0 Å². The fourth-order valence-corrected chi connectivity index (χ4v) is 1.95. The van der Waals surface area contributed by atoms with Crippen molar-refractivity contribution in [2.24, 2.45) is 0 Å². The van der Waals surface area contributed by atoms with Gasteiger partial charge >= 0.3 is 0 Å². The van der Waals surface area contributed by atoms with E-state index < -0.39 is 0 Å². The molecule has 0 saturated heterocycles. The smallest absolute Gasteiger partial charge is 0.0534 e. The summed E-state index contributed by atoms with van der Waals surface area (Å²) in [5.41, 5.74) is 3.80. The molecule has 2 rings (SSSR count). The molecule has 0 bridgehead atoms. The van der Waals surface area contributed by atoms with Gasteiger partial charge in [0.1, 0.15) is 0 Å². The second-order valence-electron chi connectivity index (χ2n) is 4.86. The van der Waals surface area contributed by atoms with Crippen molar-refractivity contribution in [3.05, 3.63) is 59.4 Å². The Hall–Kier alpha value is -1.87. The van der Waals surface area contributed by atoms with Crippen molar-refractivity contribution in [1.82, 2.24) is 15.1 Å². The second-order valence-corrected chi connectivity index (χ2v) is 4.86.